The fourth-order valence-electron chi connectivity index (χ4n) is 3.53. The molecule has 1 unspecified atom stereocenters. The molecule has 0 aromatic rings. The Balaban J connectivity index is 3.31. The molecule has 0 radical (unpaired) electrons. The van der Waals surface area contributed by atoms with Gasteiger partial charge in [0, 0.05) is 0 Å². The molecular weight excluding hydrogens is 421 g/mol. The number of nitrogens with zero attached hydrogens (tertiary/aromatic N) is 1. The molecule has 0 aliphatic rings. The van der Waals surface area contributed by atoms with E-state index in [1.165, 1.54) is 96.3 Å². The van der Waals surface area contributed by atoms with Crippen molar-refractivity contribution in [1.29, 1.82) is 0 Å². The fourth-order valence-corrected chi connectivity index (χ4v) is 4.27. The van der Waals surface area contributed by atoms with Crippen molar-refractivity contribution >= 4 is 7.82 Å². The topological polar surface area (TPSA) is 55.8 Å². The molecule has 5 nitrogen and oxygen atoms in total. The van der Waals surface area contributed by atoms with Crippen LogP contribution >= 0.6 is 7.82 Å². The van der Waals surface area contributed by atoms with E-state index < -0.39 is 7.82 Å². The zero-order chi connectivity index (χ0) is 24.0. The summed E-state index contributed by atoms with van der Waals surface area (Å²) >= 11 is 0. The quantitative estimate of drug-likeness (QED) is 0.0663. The molecule has 32 heavy (non-hydrogen) atoms. The highest BCUT2D eigenvalue weighted by Crippen LogP contribution is 2.43. The number of hydrogen-bond acceptors (Lipinski definition) is 3. The Morgan fingerprint density at radius 3 is 1.53 bits per heavy atom. The Hall–Kier alpha value is -0.190. The van der Waals surface area contributed by atoms with Crippen molar-refractivity contribution in [2.75, 3.05) is 40.9 Å². The Labute approximate surface area is 200 Å². The van der Waals surface area contributed by atoms with Gasteiger partial charge in [0.25, 0.3) is 0 Å². The molecule has 0 saturated carbocycles. The first kappa shape index (κ1) is 31.8. The molecule has 0 aromatic carbocycles. The molecular formula is C26H55NO4P+. The van der Waals surface area contributed by atoms with Gasteiger partial charge in [-0.05, 0) is 32.1 Å². The van der Waals surface area contributed by atoms with Crippen LogP contribution in [0.25, 0.3) is 0 Å². The van der Waals surface area contributed by atoms with Gasteiger partial charge in [0.15, 0.2) is 0 Å². The fraction of sp³-hybridized carbons (Fsp3) is 0.923. The van der Waals surface area contributed by atoms with Crippen LogP contribution in [0.2, 0.25) is 0 Å². The summed E-state index contributed by atoms with van der Waals surface area (Å²) in [6.07, 6.45) is 26.5. The zero-order valence-corrected chi connectivity index (χ0v) is 22.8. The van der Waals surface area contributed by atoms with Gasteiger partial charge in [-0.3, -0.25) is 9.05 Å². The van der Waals surface area contributed by atoms with Crippen molar-refractivity contribution in [2.45, 2.75) is 116 Å². The monoisotopic (exact) mass is 476 g/mol. The third-order valence-corrected chi connectivity index (χ3v) is 6.69. The van der Waals surface area contributed by atoms with Crippen LogP contribution in [0, 0.1) is 0 Å². The first-order valence-corrected chi connectivity index (χ1v) is 14.8. The van der Waals surface area contributed by atoms with Crippen molar-refractivity contribution in [3.8, 4) is 0 Å². The number of allylic oxidation sites excluding steroid dienone is 2. The standard InChI is InChI=1S/C26H54NO4P/c1-5-6-7-8-9-10-11-12-13-14-15-16-17-18-19-20-21-22-23-25-30-32(28,29)31-26-24-27(2,3)4/h13-14H,5-12,15-26H2,1-4H3/p+1/b14-13-. The van der Waals surface area contributed by atoms with Gasteiger partial charge in [0.2, 0.25) is 0 Å². The lowest BCUT2D eigenvalue weighted by Crippen LogP contribution is -2.37. The van der Waals surface area contributed by atoms with Crippen LogP contribution in [0.15, 0.2) is 12.2 Å². The average Bonchev–Trinajstić information content (AvgIpc) is 2.71. The van der Waals surface area contributed by atoms with Crippen molar-refractivity contribution in [3.63, 3.8) is 0 Å². The molecule has 0 aromatic heterocycles. The van der Waals surface area contributed by atoms with Crippen LogP contribution in [-0.2, 0) is 13.6 Å². The first-order valence-electron chi connectivity index (χ1n) is 13.3. The molecule has 0 aliphatic heterocycles. The largest absolute Gasteiger partial charge is 0.472 e. The maximum atomic E-state index is 11.8. The summed E-state index contributed by atoms with van der Waals surface area (Å²) in [5, 5.41) is 0. The summed E-state index contributed by atoms with van der Waals surface area (Å²) in [6.45, 7) is 3.47. The molecule has 6 heteroatoms. The van der Waals surface area contributed by atoms with Gasteiger partial charge < -0.3 is 9.38 Å². The second-order valence-electron chi connectivity index (χ2n) is 10.1. The Kier molecular flexibility index (Phi) is 21.2. The van der Waals surface area contributed by atoms with Gasteiger partial charge in [-0.2, -0.15) is 0 Å². The second kappa shape index (κ2) is 21.4. The second-order valence-corrected chi connectivity index (χ2v) is 11.6. The molecule has 0 aliphatic carbocycles. The van der Waals surface area contributed by atoms with Crippen LogP contribution < -0.4 is 0 Å². The van der Waals surface area contributed by atoms with E-state index in [1.807, 2.05) is 21.1 Å². The summed E-state index contributed by atoms with van der Waals surface area (Å²) in [7, 11) is 2.16. The minimum atomic E-state index is -3.89. The summed E-state index contributed by atoms with van der Waals surface area (Å²) in [5.74, 6) is 0. The van der Waals surface area contributed by atoms with Crippen LogP contribution in [0.1, 0.15) is 116 Å². The highest BCUT2D eigenvalue weighted by atomic mass is 31.2. The van der Waals surface area contributed by atoms with Crippen LogP contribution in [0.5, 0.6) is 0 Å². The summed E-state index contributed by atoms with van der Waals surface area (Å²) < 4.78 is 22.5. The normalized spacial score (nSPS) is 14.3. The lowest BCUT2D eigenvalue weighted by atomic mass is 10.1. The molecule has 0 saturated heterocycles. The molecule has 0 spiro atoms. The van der Waals surface area contributed by atoms with E-state index in [9.17, 15) is 9.46 Å². The van der Waals surface area contributed by atoms with Gasteiger partial charge in [-0.25, -0.2) is 4.57 Å². The van der Waals surface area contributed by atoms with Gasteiger partial charge >= 0.3 is 7.82 Å². The number of unbranched alkanes of at least 4 members (excludes halogenated alkanes) is 15. The molecule has 0 amide bonds. The molecule has 1 atom stereocenters. The van der Waals surface area contributed by atoms with E-state index in [2.05, 4.69) is 19.1 Å². The van der Waals surface area contributed by atoms with Gasteiger partial charge in [-0.1, -0.05) is 96.1 Å². The van der Waals surface area contributed by atoms with Crippen molar-refractivity contribution in [3.05, 3.63) is 12.2 Å². The number of quaternary nitrogens is 1. The van der Waals surface area contributed by atoms with Gasteiger partial charge in [-0.15, -0.1) is 0 Å². The average molecular weight is 477 g/mol. The van der Waals surface area contributed by atoms with Crippen LogP contribution in [-0.4, -0.2) is 50.3 Å². The Morgan fingerprint density at radius 2 is 1.06 bits per heavy atom. The van der Waals surface area contributed by atoms with E-state index in [-0.39, 0.29) is 6.61 Å². The SMILES string of the molecule is CCCCCCCCC/C=C\CCCCCCCCCCOP(=O)(O)OCC[N+](C)(C)C. The third-order valence-electron chi connectivity index (χ3n) is 5.68. The van der Waals surface area contributed by atoms with Gasteiger partial charge in [0.05, 0.1) is 27.7 Å². The van der Waals surface area contributed by atoms with E-state index in [0.717, 1.165) is 12.8 Å². The molecule has 0 rings (SSSR count). The molecule has 192 valence electrons. The number of rotatable bonds is 24. The maximum Gasteiger partial charge on any atom is 0.472 e. The smallest absolute Gasteiger partial charge is 0.329 e. The highest BCUT2D eigenvalue weighted by Gasteiger charge is 2.21. The van der Waals surface area contributed by atoms with Gasteiger partial charge in [0.1, 0.15) is 13.2 Å². The number of hydrogen-bond donors (Lipinski definition) is 1. The summed E-state index contributed by atoms with van der Waals surface area (Å²) in [5.41, 5.74) is 0. The van der Waals surface area contributed by atoms with Crippen molar-refractivity contribution < 1.29 is 23.0 Å². The Morgan fingerprint density at radius 1 is 0.656 bits per heavy atom. The van der Waals surface area contributed by atoms with Crippen molar-refractivity contribution in [1.82, 2.24) is 0 Å². The molecule has 0 fully saturated rings. The highest BCUT2D eigenvalue weighted by molar-refractivity contribution is 7.47. The van der Waals surface area contributed by atoms with Crippen LogP contribution in [0.3, 0.4) is 0 Å². The predicted octanol–water partition coefficient (Wildman–Crippen LogP) is 8.03. The number of phosphoric ester groups is 1. The minimum absolute atomic E-state index is 0.228. The summed E-state index contributed by atoms with van der Waals surface area (Å²) in [4.78, 5) is 9.66. The number of likely N-dealkylation sites (N-methyl/N-ethyl adjacent to an activating group) is 1. The van der Waals surface area contributed by atoms with E-state index in [0.29, 0.717) is 17.6 Å². The molecule has 0 heterocycles. The van der Waals surface area contributed by atoms with Crippen molar-refractivity contribution in [2.24, 2.45) is 0 Å². The lowest BCUT2D eigenvalue weighted by Gasteiger charge is -2.24. The Bertz CT molecular complexity index is 477. The lowest BCUT2D eigenvalue weighted by molar-refractivity contribution is -0.870. The summed E-state index contributed by atoms with van der Waals surface area (Å²) in [6, 6.07) is 0. The zero-order valence-electron chi connectivity index (χ0n) is 21.9. The predicted molar refractivity (Wildman–Crippen MR) is 138 cm³/mol. The third kappa shape index (κ3) is 26.1. The molecule has 1 N–H and O–H groups in total. The van der Waals surface area contributed by atoms with E-state index >= 15 is 0 Å². The van der Waals surface area contributed by atoms with E-state index in [4.69, 9.17) is 9.05 Å². The van der Waals surface area contributed by atoms with E-state index in [1.54, 1.807) is 0 Å². The first-order chi connectivity index (χ1) is 15.3. The molecule has 0 bridgehead atoms. The minimum Gasteiger partial charge on any atom is -0.329 e. The number of phosphoric acid groups is 1. The van der Waals surface area contributed by atoms with Crippen LogP contribution in [0.4, 0.5) is 0 Å². The maximum absolute atomic E-state index is 11.8.